The molecule has 1 aromatic heterocycles. The van der Waals surface area contributed by atoms with Gasteiger partial charge < -0.3 is 14.0 Å². The molecule has 1 atom stereocenters. The maximum absolute atomic E-state index is 11.6. The van der Waals surface area contributed by atoms with Gasteiger partial charge in [0.15, 0.2) is 0 Å². The molecule has 1 fully saturated rings. The van der Waals surface area contributed by atoms with Gasteiger partial charge in [-0.2, -0.15) is 5.48 Å². The van der Waals surface area contributed by atoms with Gasteiger partial charge in [0, 0.05) is 12.0 Å². The lowest BCUT2D eigenvalue weighted by molar-refractivity contribution is -0.146. The van der Waals surface area contributed by atoms with Crippen molar-refractivity contribution in [2.45, 2.75) is 33.6 Å². The monoisotopic (exact) mass is 422 g/mol. The summed E-state index contributed by atoms with van der Waals surface area (Å²) in [5, 5.41) is 0. The Bertz CT molecular complexity index is 996. The molecule has 7 heteroatoms. The van der Waals surface area contributed by atoms with Gasteiger partial charge in [-0.3, -0.25) is 4.79 Å². The van der Waals surface area contributed by atoms with Gasteiger partial charge >= 0.3 is 5.97 Å². The Morgan fingerprint density at radius 3 is 2.39 bits per heavy atom. The molecule has 2 heterocycles. The van der Waals surface area contributed by atoms with E-state index in [1.807, 2.05) is 75.4 Å². The molecule has 0 saturated carbocycles. The van der Waals surface area contributed by atoms with Crippen molar-refractivity contribution < 1.29 is 23.6 Å². The molecule has 31 heavy (non-hydrogen) atoms. The van der Waals surface area contributed by atoms with E-state index < -0.39 is 17.8 Å². The Labute approximate surface area is 181 Å². The third kappa shape index (κ3) is 5.51. The van der Waals surface area contributed by atoms with Crippen molar-refractivity contribution in [1.82, 2.24) is 10.5 Å². The molecule has 0 aliphatic carbocycles. The molecule has 2 aromatic carbocycles. The Kier molecular flexibility index (Phi) is 7.43. The summed E-state index contributed by atoms with van der Waals surface area (Å²) in [5.41, 5.74) is 4.75. The van der Waals surface area contributed by atoms with Crippen LogP contribution in [0.1, 0.15) is 30.9 Å². The van der Waals surface area contributed by atoms with Gasteiger partial charge in [0.2, 0.25) is 5.89 Å². The quantitative estimate of drug-likeness (QED) is 0.578. The van der Waals surface area contributed by atoms with Crippen LogP contribution in [-0.4, -0.2) is 23.5 Å². The minimum Gasteiger partial charge on any atom is -0.493 e. The summed E-state index contributed by atoms with van der Waals surface area (Å²) >= 11 is 0. The number of benzene rings is 2. The Morgan fingerprint density at radius 2 is 1.74 bits per heavy atom. The molecular formula is C24H26N2O5. The van der Waals surface area contributed by atoms with Gasteiger partial charge in [-0.05, 0) is 43.2 Å². The van der Waals surface area contributed by atoms with E-state index in [2.05, 4.69) is 15.3 Å². The summed E-state index contributed by atoms with van der Waals surface area (Å²) in [5.74, 6) is 0.343. The van der Waals surface area contributed by atoms with Crippen LogP contribution in [0.25, 0.3) is 11.5 Å². The fraction of sp³-hybridized carbons (Fsp3) is 0.292. The number of hydrogen-bond acceptors (Lipinski definition) is 6. The number of hydroxylamine groups is 1. The zero-order chi connectivity index (χ0) is 22.2. The molecule has 7 nitrogen and oxygen atoms in total. The highest BCUT2D eigenvalue weighted by Crippen LogP contribution is 2.22. The van der Waals surface area contributed by atoms with Crippen LogP contribution in [0.5, 0.6) is 5.75 Å². The number of rotatable bonds is 7. The molecular weight excluding hydrogens is 396 g/mol. The molecule has 1 aliphatic heterocycles. The number of hydrogen-bond donors (Lipinski definition) is 1. The molecule has 1 aliphatic rings. The number of nitrogens with one attached hydrogen (secondary N) is 1. The lowest BCUT2D eigenvalue weighted by atomic mass is 9.99. The second-order valence-electron chi connectivity index (χ2n) is 6.77. The number of carbonyl (C=O) groups excluding carboxylic acids is 2. The molecule has 0 spiro atoms. The van der Waals surface area contributed by atoms with Crippen molar-refractivity contribution >= 4 is 11.9 Å². The summed E-state index contributed by atoms with van der Waals surface area (Å²) in [6.45, 7) is 6.35. The lowest BCUT2D eigenvalue weighted by Gasteiger charge is -2.07. The van der Waals surface area contributed by atoms with E-state index in [4.69, 9.17) is 9.15 Å². The second kappa shape index (κ2) is 10.4. The standard InChI is InChI=1S/C22H20N2O5.C2H6/c1-14-19(23-21(28-14)16-5-3-2-4-6-16)11-12-27-17-9-7-15(8-10-17)13-18-20(25)24-29-22(18)26;1-2/h2-10,18H,11-13H2,1H3,(H,24,25);1-2H3. The van der Waals surface area contributed by atoms with Crippen molar-refractivity contribution in [1.29, 1.82) is 0 Å². The summed E-state index contributed by atoms with van der Waals surface area (Å²) < 4.78 is 11.6. The molecule has 0 bridgehead atoms. The van der Waals surface area contributed by atoms with E-state index in [0.29, 0.717) is 31.1 Å². The fourth-order valence-electron chi connectivity index (χ4n) is 3.11. The summed E-state index contributed by atoms with van der Waals surface area (Å²) in [4.78, 5) is 32.2. The smallest absolute Gasteiger partial charge is 0.345 e. The predicted octanol–water partition coefficient (Wildman–Crippen LogP) is 4.04. The summed E-state index contributed by atoms with van der Waals surface area (Å²) in [7, 11) is 0. The average molecular weight is 422 g/mol. The second-order valence-corrected chi connectivity index (χ2v) is 6.77. The Hall–Kier alpha value is -3.61. The van der Waals surface area contributed by atoms with Crippen LogP contribution >= 0.6 is 0 Å². The van der Waals surface area contributed by atoms with E-state index in [1.165, 1.54) is 0 Å². The zero-order valence-corrected chi connectivity index (χ0v) is 17.9. The number of oxazole rings is 1. The first-order valence-electron chi connectivity index (χ1n) is 10.3. The zero-order valence-electron chi connectivity index (χ0n) is 17.9. The van der Waals surface area contributed by atoms with Crippen LogP contribution < -0.4 is 10.2 Å². The van der Waals surface area contributed by atoms with Gasteiger partial charge in [0.1, 0.15) is 17.4 Å². The van der Waals surface area contributed by atoms with Crippen LogP contribution in [0.2, 0.25) is 0 Å². The molecule has 4 rings (SSSR count). The van der Waals surface area contributed by atoms with Gasteiger partial charge in [0.05, 0.1) is 12.3 Å². The van der Waals surface area contributed by atoms with Crippen LogP contribution in [0.3, 0.4) is 0 Å². The van der Waals surface area contributed by atoms with E-state index in [9.17, 15) is 9.59 Å². The Balaban J connectivity index is 0.00000132. The molecule has 162 valence electrons. The number of aryl methyl sites for hydroxylation is 1. The maximum atomic E-state index is 11.6. The van der Waals surface area contributed by atoms with Gasteiger partial charge in [-0.15, -0.1) is 0 Å². The fourth-order valence-corrected chi connectivity index (χ4v) is 3.11. The molecule has 3 aromatic rings. The number of carbonyl (C=O) groups is 2. The third-order valence-corrected chi connectivity index (χ3v) is 4.74. The minimum absolute atomic E-state index is 0.297. The highest BCUT2D eigenvalue weighted by molar-refractivity contribution is 6.01. The first-order chi connectivity index (χ1) is 15.1. The molecule has 1 amide bonds. The van der Waals surface area contributed by atoms with Crippen LogP contribution in [0.4, 0.5) is 0 Å². The maximum Gasteiger partial charge on any atom is 0.345 e. The van der Waals surface area contributed by atoms with Crippen LogP contribution in [0, 0.1) is 12.8 Å². The van der Waals surface area contributed by atoms with Crippen molar-refractivity contribution in [3.05, 3.63) is 71.6 Å². The van der Waals surface area contributed by atoms with Gasteiger partial charge in [0.25, 0.3) is 5.91 Å². The highest BCUT2D eigenvalue weighted by Gasteiger charge is 2.35. The number of nitrogens with zero attached hydrogens (tertiary/aromatic N) is 1. The molecule has 1 saturated heterocycles. The molecule has 0 radical (unpaired) electrons. The van der Waals surface area contributed by atoms with Crippen molar-refractivity contribution in [2.24, 2.45) is 5.92 Å². The molecule has 1 N–H and O–H groups in total. The highest BCUT2D eigenvalue weighted by atomic mass is 16.7. The average Bonchev–Trinajstić information content (AvgIpc) is 3.33. The predicted molar refractivity (Wildman–Crippen MR) is 115 cm³/mol. The first-order valence-corrected chi connectivity index (χ1v) is 10.3. The summed E-state index contributed by atoms with van der Waals surface area (Å²) in [6, 6.07) is 17.1. The molecule has 1 unspecified atom stereocenters. The Morgan fingerprint density at radius 1 is 1.03 bits per heavy atom. The third-order valence-electron chi connectivity index (χ3n) is 4.74. The van der Waals surface area contributed by atoms with E-state index in [0.717, 1.165) is 22.6 Å². The lowest BCUT2D eigenvalue weighted by Crippen LogP contribution is -2.21. The van der Waals surface area contributed by atoms with Gasteiger partial charge in [-0.25, -0.2) is 9.78 Å². The normalized spacial score (nSPS) is 15.0. The minimum atomic E-state index is -0.796. The van der Waals surface area contributed by atoms with Crippen LogP contribution in [0.15, 0.2) is 59.0 Å². The topological polar surface area (TPSA) is 90.7 Å². The number of amides is 1. The van der Waals surface area contributed by atoms with E-state index in [1.54, 1.807) is 0 Å². The van der Waals surface area contributed by atoms with Crippen LogP contribution in [-0.2, 0) is 27.3 Å². The summed E-state index contributed by atoms with van der Waals surface area (Å²) in [6.07, 6.45) is 0.920. The van der Waals surface area contributed by atoms with Gasteiger partial charge in [-0.1, -0.05) is 44.2 Å². The number of aromatic nitrogens is 1. The number of ether oxygens (including phenoxy) is 1. The first kappa shape index (κ1) is 22.1. The SMILES string of the molecule is CC.Cc1oc(-c2ccccc2)nc1CCOc1ccc(CC2C(=O)NOC2=O)cc1. The van der Waals surface area contributed by atoms with E-state index in [-0.39, 0.29) is 0 Å². The van der Waals surface area contributed by atoms with Crippen molar-refractivity contribution in [3.63, 3.8) is 0 Å². The largest absolute Gasteiger partial charge is 0.493 e. The van der Waals surface area contributed by atoms with Crippen molar-refractivity contribution in [3.8, 4) is 17.2 Å². The van der Waals surface area contributed by atoms with Crippen molar-refractivity contribution in [2.75, 3.05) is 6.61 Å². The van der Waals surface area contributed by atoms with E-state index >= 15 is 0 Å².